The Labute approximate surface area is 172 Å². The van der Waals surface area contributed by atoms with Crippen LogP contribution >= 0.6 is 27.7 Å². The van der Waals surface area contributed by atoms with Crippen LogP contribution in [-0.4, -0.2) is 59.8 Å². The van der Waals surface area contributed by atoms with E-state index in [9.17, 15) is 15.3 Å². The van der Waals surface area contributed by atoms with Gasteiger partial charge in [-0.15, -0.1) is 0 Å². The van der Waals surface area contributed by atoms with E-state index in [1.54, 1.807) is 0 Å². The van der Waals surface area contributed by atoms with Crippen molar-refractivity contribution < 1.29 is 20.1 Å². The van der Waals surface area contributed by atoms with Crippen LogP contribution in [0.15, 0.2) is 40.1 Å². The van der Waals surface area contributed by atoms with E-state index in [1.165, 1.54) is 22.7 Å². The Balaban J connectivity index is 1.64. The van der Waals surface area contributed by atoms with Gasteiger partial charge in [-0.05, 0) is 17.7 Å². The highest BCUT2D eigenvalue weighted by Crippen LogP contribution is 2.34. The molecule has 0 spiro atoms. The fourth-order valence-corrected chi connectivity index (χ4v) is 4.23. The van der Waals surface area contributed by atoms with Crippen molar-refractivity contribution in [3.05, 3.63) is 40.6 Å². The van der Waals surface area contributed by atoms with Crippen LogP contribution < -0.4 is 5.73 Å². The van der Waals surface area contributed by atoms with Gasteiger partial charge >= 0.3 is 0 Å². The number of aliphatic hydroxyl groups is 3. The second kappa shape index (κ2) is 7.93. The number of fused-ring (bicyclic) bond motifs is 1. The number of thioether (sulfide) groups is 1. The third-order valence-corrected chi connectivity index (χ3v) is 6.05. The number of nitrogen functional groups attached to an aromatic ring is 1. The lowest BCUT2D eigenvalue weighted by atomic mass is 10.1. The molecule has 1 saturated heterocycles. The summed E-state index contributed by atoms with van der Waals surface area (Å²) in [6.45, 7) is -0.410. The first-order valence-corrected chi connectivity index (χ1v) is 10.3. The Morgan fingerprint density at radius 3 is 2.61 bits per heavy atom. The first kappa shape index (κ1) is 19.6. The number of nitrogens with two attached hydrogens (primary N) is 1. The predicted molar refractivity (Wildman–Crippen MR) is 106 cm³/mol. The number of aliphatic hydroxyl groups excluding tert-OH is 3. The van der Waals surface area contributed by atoms with Crippen molar-refractivity contribution in [1.82, 2.24) is 19.5 Å². The minimum Gasteiger partial charge on any atom is -0.394 e. The Morgan fingerprint density at radius 2 is 1.93 bits per heavy atom. The van der Waals surface area contributed by atoms with Crippen molar-refractivity contribution in [3.63, 3.8) is 0 Å². The molecule has 148 valence electrons. The summed E-state index contributed by atoms with van der Waals surface area (Å²) in [5.41, 5.74) is 7.90. The molecule has 3 heterocycles. The quantitative estimate of drug-likeness (QED) is 0.320. The molecule has 1 aliphatic heterocycles. The monoisotopic (exact) mass is 467 g/mol. The van der Waals surface area contributed by atoms with Gasteiger partial charge in [0.15, 0.2) is 11.9 Å². The van der Waals surface area contributed by atoms with Gasteiger partial charge < -0.3 is 25.8 Å². The van der Waals surface area contributed by atoms with Crippen molar-refractivity contribution in [2.24, 2.45) is 0 Å². The van der Waals surface area contributed by atoms with Crippen molar-refractivity contribution in [2.75, 3.05) is 12.3 Å². The highest BCUT2D eigenvalue weighted by Gasteiger charge is 2.44. The first-order valence-electron chi connectivity index (χ1n) is 8.47. The number of halogens is 1. The average Bonchev–Trinajstić information content (AvgIpc) is 3.22. The van der Waals surface area contributed by atoms with Crippen molar-refractivity contribution >= 4 is 44.8 Å². The van der Waals surface area contributed by atoms with Gasteiger partial charge in [-0.1, -0.05) is 39.8 Å². The van der Waals surface area contributed by atoms with E-state index < -0.39 is 31.1 Å². The van der Waals surface area contributed by atoms with Crippen LogP contribution in [0.25, 0.3) is 11.2 Å². The Morgan fingerprint density at radius 1 is 1.18 bits per heavy atom. The molecule has 5 N–H and O–H groups in total. The Kier molecular flexibility index (Phi) is 5.54. The topological polar surface area (TPSA) is 140 Å². The van der Waals surface area contributed by atoms with Crippen LogP contribution in [0.3, 0.4) is 0 Å². The van der Waals surface area contributed by atoms with Gasteiger partial charge in [-0.2, -0.15) is 4.98 Å². The number of hydrogen-bond donors (Lipinski definition) is 4. The van der Waals surface area contributed by atoms with Crippen LogP contribution in [0.5, 0.6) is 0 Å². The molecule has 4 rings (SSSR count). The molecule has 0 radical (unpaired) electrons. The number of ether oxygens (including phenoxy) is 1. The average molecular weight is 468 g/mol. The molecule has 3 aromatic rings. The maximum atomic E-state index is 10.3. The van der Waals surface area contributed by atoms with E-state index in [1.807, 2.05) is 24.3 Å². The van der Waals surface area contributed by atoms with E-state index >= 15 is 0 Å². The van der Waals surface area contributed by atoms with Gasteiger partial charge in [0.05, 0.1) is 12.9 Å². The summed E-state index contributed by atoms with van der Waals surface area (Å²) in [7, 11) is 0. The third kappa shape index (κ3) is 3.61. The summed E-state index contributed by atoms with van der Waals surface area (Å²) in [5, 5.41) is 30.2. The predicted octanol–water partition coefficient (Wildman–Crippen LogP) is 1.07. The molecule has 0 unspecified atom stereocenters. The minimum absolute atomic E-state index is 0.0688. The maximum Gasteiger partial charge on any atom is 0.223 e. The van der Waals surface area contributed by atoms with Gasteiger partial charge in [-0.3, -0.25) is 4.57 Å². The highest BCUT2D eigenvalue weighted by molar-refractivity contribution is 9.10. The van der Waals surface area contributed by atoms with Crippen LogP contribution in [0, 0.1) is 0 Å². The largest absolute Gasteiger partial charge is 0.394 e. The molecule has 4 atom stereocenters. The molecule has 0 saturated carbocycles. The number of anilines is 1. The van der Waals surface area contributed by atoms with Crippen LogP contribution in [0.4, 0.5) is 5.95 Å². The standard InChI is InChI=1S/C17H18BrN5O4S/c18-9-3-1-8(2-4-9)6-28-15-11-14(21-17(19)22-15)23(7-20-11)16-13(26)12(25)10(5-24)27-16/h1-4,7,10,12-13,16,24-26H,5-6H2,(H2,19,21,22)/t10-,12-,13-,16-/m1/s1. The van der Waals surface area contributed by atoms with Crippen molar-refractivity contribution in [3.8, 4) is 0 Å². The minimum atomic E-state index is -1.23. The van der Waals surface area contributed by atoms with E-state index in [0.717, 1.165) is 10.0 Å². The van der Waals surface area contributed by atoms with Crippen LogP contribution in [-0.2, 0) is 10.5 Å². The number of imidazole rings is 1. The fourth-order valence-electron chi connectivity index (χ4n) is 3.04. The SMILES string of the molecule is Nc1nc(SCc2ccc(Br)cc2)c2ncn([C@@H]3O[C@H](CO)[C@@H](O)[C@H]3O)c2n1. The Bertz CT molecular complexity index is 986. The Hall–Kier alpha value is -1.76. The molecule has 1 aromatic carbocycles. The molecular weight excluding hydrogens is 450 g/mol. The van der Waals surface area contributed by atoms with E-state index in [4.69, 9.17) is 10.5 Å². The number of nitrogens with zero attached hydrogens (tertiary/aromatic N) is 4. The summed E-state index contributed by atoms with van der Waals surface area (Å²) in [6.07, 6.45) is -2.80. The molecule has 0 aliphatic carbocycles. The number of rotatable bonds is 5. The van der Waals surface area contributed by atoms with E-state index in [2.05, 4.69) is 30.9 Å². The smallest absolute Gasteiger partial charge is 0.223 e. The fraction of sp³-hybridized carbons (Fsp3) is 0.353. The number of hydrogen-bond acceptors (Lipinski definition) is 9. The molecule has 0 bridgehead atoms. The molecule has 2 aromatic heterocycles. The van der Waals surface area contributed by atoms with Gasteiger partial charge in [0.1, 0.15) is 28.9 Å². The van der Waals surface area contributed by atoms with Crippen molar-refractivity contribution in [1.29, 1.82) is 0 Å². The van der Waals surface area contributed by atoms with E-state index in [0.29, 0.717) is 21.9 Å². The summed E-state index contributed by atoms with van der Waals surface area (Å²) in [4.78, 5) is 12.9. The summed E-state index contributed by atoms with van der Waals surface area (Å²) >= 11 is 4.88. The molecule has 1 fully saturated rings. The normalized spacial score (nSPS) is 24.9. The molecular formula is C17H18BrN5O4S. The third-order valence-electron chi connectivity index (χ3n) is 4.49. The highest BCUT2D eigenvalue weighted by atomic mass is 79.9. The zero-order chi connectivity index (χ0) is 19.8. The van der Waals surface area contributed by atoms with Gasteiger partial charge in [0.25, 0.3) is 0 Å². The summed E-state index contributed by atoms with van der Waals surface area (Å²) in [6, 6.07) is 7.96. The van der Waals surface area contributed by atoms with Crippen LogP contribution in [0.2, 0.25) is 0 Å². The molecule has 11 heteroatoms. The van der Waals surface area contributed by atoms with Gasteiger partial charge in [0.2, 0.25) is 5.95 Å². The summed E-state index contributed by atoms with van der Waals surface area (Å²) < 4.78 is 8.08. The second-order valence-corrected chi connectivity index (χ2v) is 8.23. The lowest BCUT2D eigenvalue weighted by Gasteiger charge is -2.16. The maximum absolute atomic E-state index is 10.3. The zero-order valence-electron chi connectivity index (χ0n) is 14.5. The zero-order valence-corrected chi connectivity index (χ0v) is 16.9. The molecule has 9 nitrogen and oxygen atoms in total. The van der Waals surface area contributed by atoms with Gasteiger partial charge in [-0.25, -0.2) is 9.97 Å². The van der Waals surface area contributed by atoms with E-state index in [-0.39, 0.29) is 5.95 Å². The second-order valence-electron chi connectivity index (χ2n) is 6.36. The lowest BCUT2D eigenvalue weighted by molar-refractivity contribution is -0.0511. The van der Waals surface area contributed by atoms with Crippen molar-refractivity contribution in [2.45, 2.75) is 35.3 Å². The number of benzene rings is 1. The number of aromatic nitrogens is 4. The summed E-state index contributed by atoms with van der Waals surface area (Å²) in [5.74, 6) is 0.735. The molecule has 1 aliphatic rings. The first-order chi connectivity index (χ1) is 13.5. The lowest BCUT2D eigenvalue weighted by Crippen LogP contribution is -2.33. The van der Waals surface area contributed by atoms with Gasteiger partial charge in [0, 0.05) is 10.2 Å². The molecule has 28 heavy (non-hydrogen) atoms. The molecule has 0 amide bonds. The van der Waals surface area contributed by atoms with Crippen LogP contribution in [0.1, 0.15) is 11.8 Å².